The van der Waals surface area contributed by atoms with E-state index in [4.69, 9.17) is 19.0 Å². The van der Waals surface area contributed by atoms with E-state index < -0.39 is 5.54 Å². The highest BCUT2D eigenvalue weighted by molar-refractivity contribution is 5.63. The molecule has 1 aliphatic heterocycles. The molecule has 1 saturated heterocycles. The molecule has 0 bridgehead atoms. The number of tetrazole rings is 1. The van der Waals surface area contributed by atoms with Gasteiger partial charge >= 0.3 is 0 Å². The van der Waals surface area contributed by atoms with Crippen LogP contribution in [0.2, 0.25) is 0 Å². The molecular formula is C20H24N6O3. The van der Waals surface area contributed by atoms with Crippen LogP contribution in [0.25, 0.3) is 11.4 Å². The van der Waals surface area contributed by atoms with Gasteiger partial charge in [-0.05, 0) is 41.3 Å². The predicted molar refractivity (Wildman–Crippen MR) is 102 cm³/mol. The van der Waals surface area contributed by atoms with E-state index >= 15 is 0 Å². The van der Waals surface area contributed by atoms with Crippen LogP contribution in [-0.2, 0) is 10.3 Å². The van der Waals surface area contributed by atoms with Gasteiger partial charge in [-0.15, -0.1) is 5.10 Å². The van der Waals surface area contributed by atoms with Crippen LogP contribution in [0.5, 0.6) is 5.75 Å². The Bertz CT molecular complexity index is 929. The number of rotatable bonds is 6. The Morgan fingerprint density at radius 2 is 1.97 bits per heavy atom. The lowest BCUT2D eigenvalue weighted by molar-refractivity contribution is 0.0187. The van der Waals surface area contributed by atoms with Gasteiger partial charge in [-0.2, -0.15) is 4.98 Å². The highest BCUT2D eigenvalue weighted by Gasteiger charge is 2.43. The molecule has 0 unspecified atom stereocenters. The zero-order valence-corrected chi connectivity index (χ0v) is 16.2. The second kappa shape index (κ2) is 7.90. The number of para-hydroxylation sites is 1. The van der Waals surface area contributed by atoms with E-state index in [1.54, 1.807) is 11.0 Å². The molecule has 2 aromatic heterocycles. The first-order valence-corrected chi connectivity index (χ1v) is 10.2. The topological polar surface area (TPSA) is 101 Å². The van der Waals surface area contributed by atoms with Gasteiger partial charge in [0, 0.05) is 26.1 Å². The second-order valence-electron chi connectivity index (χ2n) is 7.78. The summed E-state index contributed by atoms with van der Waals surface area (Å²) in [7, 11) is 0. The molecule has 3 heterocycles. The molecule has 0 radical (unpaired) electrons. The molecular weight excluding hydrogens is 372 g/mol. The van der Waals surface area contributed by atoms with E-state index in [2.05, 4.69) is 20.7 Å². The molecule has 0 N–H and O–H groups in total. The largest absolute Gasteiger partial charge is 0.493 e. The molecule has 0 amide bonds. The zero-order valence-electron chi connectivity index (χ0n) is 16.2. The minimum atomic E-state index is -0.591. The molecule has 1 saturated carbocycles. The average molecular weight is 396 g/mol. The van der Waals surface area contributed by atoms with Crippen molar-refractivity contribution in [1.82, 2.24) is 30.3 Å². The average Bonchev–Trinajstić information content (AvgIpc) is 3.56. The van der Waals surface area contributed by atoms with Gasteiger partial charge in [0.25, 0.3) is 5.89 Å². The van der Waals surface area contributed by atoms with Crippen molar-refractivity contribution in [3.05, 3.63) is 36.5 Å². The van der Waals surface area contributed by atoms with Gasteiger partial charge in [-0.1, -0.05) is 30.1 Å². The van der Waals surface area contributed by atoms with Crippen molar-refractivity contribution in [3.63, 3.8) is 0 Å². The third-order valence-electron chi connectivity index (χ3n) is 6.01. The molecule has 1 aromatic carbocycles. The van der Waals surface area contributed by atoms with Gasteiger partial charge < -0.3 is 14.0 Å². The number of benzene rings is 1. The minimum absolute atomic E-state index is 0.494. The molecule has 2 aliphatic rings. The molecule has 152 valence electrons. The van der Waals surface area contributed by atoms with E-state index in [9.17, 15) is 0 Å². The van der Waals surface area contributed by atoms with Crippen molar-refractivity contribution in [3.8, 4) is 17.1 Å². The summed E-state index contributed by atoms with van der Waals surface area (Å²) in [5.41, 5.74) is 0.242. The maximum absolute atomic E-state index is 6.15. The molecule has 1 aliphatic carbocycles. The lowest BCUT2D eigenvalue weighted by Crippen LogP contribution is -2.41. The Labute approximate surface area is 168 Å². The van der Waals surface area contributed by atoms with Crippen molar-refractivity contribution in [2.75, 3.05) is 19.8 Å². The van der Waals surface area contributed by atoms with Crippen molar-refractivity contribution in [2.24, 2.45) is 5.92 Å². The van der Waals surface area contributed by atoms with E-state index in [0.717, 1.165) is 17.9 Å². The van der Waals surface area contributed by atoms with Gasteiger partial charge in [0.15, 0.2) is 0 Å². The quantitative estimate of drug-likeness (QED) is 0.627. The lowest BCUT2D eigenvalue weighted by atomic mass is 9.90. The third kappa shape index (κ3) is 3.50. The van der Waals surface area contributed by atoms with Gasteiger partial charge in [0.2, 0.25) is 5.82 Å². The van der Waals surface area contributed by atoms with Crippen LogP contribution < -0.4 is 4.74 Å². The van der Waals surface area contributed by atoms with Crippen LogP contribution in [0, 0.1) is 5.92 Å². The van der Waals surface area contributed by atoms with Crippen molar-refractivity contribution < 1.29 is 14.0 Å². The number of hydrogen-bond acceptors (Lipinski definition) is 8. The fourth-order valence-electron chi connectivity index (χ4n) is 4.29. The normalized spacial score (nSPS) is 19.4. The maximum atomic E-state index is 6.15. The first kappa shape index (κ1) is 18.2. The molecule has 0 spiro atoms. The van der Waals surface area contributed by atoms with Crippen LogP contribution in [0.3, 0.4) is 0 Å². The molecule has 9 nitrogen and oxygen atoms in total. The summed E-state index contributed by atoms with van der Waals surface area (Å²) in [5, 5.41) is 16.0. The smallest absolute Gasteiger partial charge is 0.255 e. The summed E-state index contributed by atoms with van der Waals surface area (Å²) < 4.78 is 19.1. The number of nitrogens with zero attached hydrogens (tertiary/aromatic N) is 6. The van der Waals surface area contributed by atoms with Gasteiger partial charge in [0.1, 0.15) is 17.6 Å². The Morgan fingerprint density at radius 1 is 1.14 bits per heavy atom. The van der Waals surface area contributed by atoms with Crippen LogP contribution in [0.15, 0.2) is 35.1 Å². The van der Waals surface area contributed by atoms with Crippen molar-refractivity contribution in [2.45, 2.75) is 44.1 Å². The Balaban J connectivity index is 1.44. The van der Waals surface area contributed by atoms with Crippen molar-refractivity contribution in [1.29, 1.82) is 0 Å². The summed E-state index contributed by atoms with van der Waals surface area (Å²) in [6.45, 7) is 1.89. The van der Waals surface area contributed by atoms with E-state index in [1.807, 2.05) is 24.3 Å². The van der Waals surface area contributed by atoms with Crippen LogP contribution in [-0.4, -0.2) is 50.2 Å². The molecule has 5 rings (SSSR count). The van der Waals surface area contributed by atoms with Crippen LogP contribution in [0.1, 0.15) is 44.4 Å². The minimum Gasteiger partial charge on any atom is -0.493 e. The molecule has 29 heavy (non-hydrogen) atoms. The van der Waals surface area contributed by atoms with Crippen LogP contribution in [0.4, 0.5) is 0 Å². The van der Waals surface area contributed by atoms with E-state index in [1.165, 1.54) is 25.7 Å². The van der Waals surface area contributed by atoms with Gasteiger partial charge in [0.05, 0.1) is 12.2 Å². The molecule has 2 fully saturated rings. The molecule has 0 atom stereocenters. The Morgan fingerprint density at radius 3 is 2.76 bits per heavy atom. The standard InChI is InChI=1S/C20H24N6O3/c1-2-6-15(5-1)13-28-17-8-4-3-7-16(17)18-22-19(29-23-18)20(9-11-27-12-10-20)26-14-21-24-25-26/h3-4,7-8,14-15H,1-2,5-6,9-13H2. The first-order chi connectivity index (χ1) is 14.4. The predicted octanol–water partition coefficient (Wildman–Crippen LogP) is 2.85. The second-order valence-corrected chi connectivity index (χ2v) is 7.78. The molecule has 3 aromatic rings. The summed E-state index contributed by atoms with van der Waals surface area (Å²) in [6, 6.07) is 7.85. The number of hydrogen-bond donors (Lipinski definition) is 0. The fourth-order valence-corrected chi connectivity index (χ4v) is 4.29. The Hall–Kier alpha value is -2.81. The highest BCUT2D eigenvalue weighted by atomic mass is 16.5. The lowest BCUT2D eigenvalue weighted by Gasteiger charge is -2.32. The zero-order chi connectivity index (χ0) is 19.5. The van der Waals surface area contributed by atoms with Crippen molar-refractivity contribution >= 4 is 0 Å². The summed E-state index contributed by atoms with van der Waals surface area (Å²) in [5.74, 6) is 2.43. The SMILES string of the molecule is c1ccc(-c2noc(C3(n4cnnn4)CCOCC3)n2)c(OCC2CCCC2)c1. The number of aromatic nitrogens is 6. The first-order valence-electron chi connectivity index (χ1n) is 10.2. The van der Waals surface area contributed by atoms with E-state index in [0.29, 0.717) is 43.7 Å². The monoisotopic (exact) mass is 396 g/mol. The van der Waals surface area contributed by atoms with E-state index in [-0.39, 0.29) is 0 Å². The third-order valence-corrected chi connectivity index (χ3v) is 6.01. The van der Waals surface area contributed by atoms with Crippen LogP contribution >= 0.6 is 0 Å². The van der Waals surface area contributed by atoms with Gasteiger partial charge in [-0.25, -0.2) is 4.68 Å². The highest BCUT2D eigenvalue weighted by Crippen LogP contribution is 2.37. The number of ether oxygens (including phenoxy) is 2. The summed E-state index contributed by atoms with van der Waals surface area (Å²) in [6.07, 6.45) is 8.00. The summed E-state index contributed by atoms with van der Waals surface area (Å²) in [4.78, 5) is 4.74. The molecule has 9 heteroatoms. The fraction of sp³-hybridized carbons (Fsp3) is 0.550. The maximum Gasteiger partial charge on any atom is 0.255 e. The van der Waals surface area contributed by atoms with Gasteiger partial charge in [-0.3, -0.25) is 0 Å². The summed E-state index contributed by atoms with van der Waals surface area (Å²) >= 11 is 0. The Kier molecular flexibility index (Phi) is 4.97.